The number of methoxy groups -OCH3 is 3. The Bertz CT molecular complexity index is 898. The van der Waals surface area contributed by atoms with E-state index in [0.29, 0.717) is 11.5 Å². The Morgan fingerprint density at radius 3 is 2.48 bits per heavy atom. The van der Waals surface area contributed by atoms with Crippen molar-refractivity contribution in [3.05, 3.63) is 42.0 Å². The van der Waals surface area contributed by atoms with Gasteiger partial charge in [-0.3, -0.25) is 0 Å². The van der Waals surface area contributed by atoms with Crippen molar-refractivity contribution < 1.29 is 18.9 Å². The molecule has 1 aromatic heterocycles. The van der Waals surface area contributed by atoms with Crippen LogP contribution < -0.4 is 14.2 Å². The van der Waals surface area contributed by atoms with Crippen LogP contribution in [0.5, 0.6) is 17.2 Å². The number of rotatable bonds is 6. The number of hydrogen-bond donors (Lipinski definition) is 0. The van der Waals surface area contributed by atoms with Crippen LogP contribution in [0.15, 0.2) is 36.4 Å². The van der Waals surface area contributed by atoms with Crippen LogP contribution in [0.4, 0.5) is 0 Å². The Morgan fingerprint density at radius 1 is 1.00 bits per heavy atom. The zero-order chi connectivity index (χ0) is 18.0. The Hall–Kier alpha value is -2.66. The lowest BCUT2D eigenvalue weighted by Crippen LogP contribution is -2.01. The van der Waals surface area contributed by atoms with E-state index in [4.69, 9.17) is 18.9 Å². The Labute approximate surface area is 147 Å². The van der Waals surface area contributed by atoms with Crippen molar-refractivity contribution in [2.45, 2.75) is 6.92 Å². The molecule has 0 saturated heterocycles. The number of aromatic nitrogens is 1. The van der Waals surface area contributed by atoms with E-state index in [1.165, 1.54) is 0 Å². The topological polar surface area (TPSA) is 41.9 Å². The smallest absolute Gasteiger partial charge is 0.188 e. The number of hydrogen-bond acceptors (Lipinski definition) is 4. The monoisotopic (exact) mass is 341 g/mol. The minimum Gasteiger partial charge on any atom is -0.497 e. The first-order valence-corrected chi connectivity index (χ1v) is 8.04. The van der Waals surface area contributed by atoms with Crippen molar-refractivity contribution in [2.75, 3.05) is 28.1 Å². The molecular weight excluding hydrogens is 318 g/mol. The maximum absolute atomic E-state index is 5.84. The van der Waals surface area contributed by atoms with E-state index in [0.717, 1.165) is 33.5 Å². The molecule has 5 heteroatoms. The summed E-state index contributed by atoms with van der Waals surface area (Å²) in [7, 11) is 6.97. The predicted octanol–water partition coefficient (Wildman–Crippen LogP) is 4.15. The molecule has 0 amide bonds. The maximum atomic E-state index is 5.84. The average Bonchev–Trinajstić information content (AvgIpc) is 2.90. The van der Waals surface area contributed by atoms with E-state index in [-0.39, 0.29) is 6.79 Å². The third-order valence-corrected chi connectivity index (χ3v) is 4.41. The van der Waals surface area contributed by atoms with Gasteiger partial charge in [-0.2, -0.15) is 0 Å². The van der Waals surface area contributed by atoms with Gasteiger partial charge >= 0.3 is 0 Å². The van der Waals surface area contributed by atoms with E-state index in [2.05, 4.69) is 24.6 Å². The molecule has 0 unspecified atom stereocenters. The minimum absolute atomic E-state index is 0.165. The molecule has 3 rings (SSSR count). The van der Waals surface area contributed by atoms with Crippen molar-refractivity contribution in [1.29, 1.82) is 0 Å². The van der Waals surface area contributed by atoms with Gasteiger partial charge in [-0.05, 0) is 36.8 Å². The fourth-order valence-corrected chi connectivity index (χ4v) is 3.29. The first kappa shape index (κ1) is 17.2. The Kier molecular flexibility index (Phi) is 4.86. The van der Waals surface area contributed by atoms with Crippen molar-refractivity contribution in [3.8, 4) is 28.5 Å². The molecule has 2 aromatic carbocycles. The van der Waals surface area contributed by atoms with Gasteiger partial charge in [0.2, 0.25) is 0 Å². The van der Waals surface area contributed by atoms with Crippen LogP contribution in [0, 0.1) is 6.92 Å². The highest BCUT2D eigenvalue weighted by atomic mass is 16.7. The van der Waals surface area contributed by atoms with Crippen molar-refractivity contribution in [1.82, 2.24) is 4.57 Å². The SMILES string of the molecule is COCOc1c(OC)ccc2c1c(C)c(-c1cccc(OC)c1)n2C. The lowest BCUT2D eigenvalue weighted by atomic mass is 10.1. The first-order chi connectivity index (χ1) is 12.1. The summed E-state index contributed by atoms with van der Waals surface area (Å²) in [5.74, 6) is 2.22. The van der Waals surface area contributed by atoms with Crippen molar-refractivity contribution in [2.24, 2.45) is 7.05 Å². The molecule has 3 aromatic rings. The largest absolute Gasteiger partial charge is 0.497 e. The number of fused-ring (bicyclic) bond motifs is 1. The van der Waals surface area contributed by atoms with Gasteiger partial charge in [0.25, 0.3) is 0 Å². The molecule has 0 aliphatic heterocycles. The van der Waals surface area contributed by atoms with Gasteiger partial charge in [-0.1, -0.05) is 12.1 Å². The molecule has 0 N–H and O–H groups in total. The third kappa shape index (κ3) is 2.91. The summed E-state index contributed by atoms with van der Waals surface area (Å²) in [5, 5.41) is 1.02. The zero-order valence-electron chi connectivity index (χ0n) is 15.3. The molecule has 0 atom stereocenters. The summed E-state index contributed by atoms with van der Waals surface area (Å²) in [6.45, 7) is 2.26. The molecule has 0 bridgehead atoms. The van der Waals surface area contributed by atoms with Gasteiger partial charge in [-0.15, -0.1) is 0 Å². The number of ether oxygens (including phenoxy) is 4. The normalized spacial score (nSPS) is 10.9. The second kappa shape index (κ2) is 7.07. The number of benzene rings is 2. The summed E-state index contributed by atoms with van der Waals surface area (Å²) < 4.78 is 23.9. The van der Waals surface area contributed by atoms with Crippen molar-refractivity contribution in [3.63, 3.8) is 0 Å². The Morgan fingerprint density at radius 2 is 1.80 bits per heavy atom. The van der Waals surface area contributed by atoms with Crippen LogP contribution in [-0.2, 0) is 11.8 Å². The highest BCUT2D eigenvalue weighted by molar-refractivity contribution is 5.97. The molecule has 132 valence electrons. The molecule has 0 saturated carbocycles. The Balaban J connectivity index is 2.27. The van der Waals surface area contributed by atoms with E-state index in [1.807, 2.05) is 30.3 Å². The quantitative estimate of drug-likeness (QED) is 0.632. The van der Waals surface area contributed by atoms with E-state index in [9.17, 15) is 0 Å². The van der Waals surface area contributed by atoms with E-state index in [1.54, 1.807) is 21.3 Å². The average molecular weight is 341 g/mol. The van der Waals surface area contributed by atoms with Crippen LogP contribution in [0.2, 0.25) is 0 Å². The van der Waals surface area contributed by atoms with Crippen LogP contribution >= 0.6 is 0 Å². The fraction of sp³-hybridized carbons (Fsp3) is 0.300. The molecular formula is C20H23NO4. The second-order valence-electron chi connectivity index (χ2n) is 5.81. The zero-order valence-corrected chi connectivity index (χ0v) is 15.3. The summed E-state index contributed by atoms with van der Waals surface area (Å²) in [6, 6.07) is 12.0. The minimum atomic E-state index is 0.165. The fourth-order valence-electron chi connectivity index (χ4n) is 3.29. The van der Waals surface area contributed by atoms with Crippen LogP contribution in [0.1, 0.15) is 5.56 Å². The molecule has 0 radical (unpaired) electrons. The second-order valence-corrected chi connectivity index (χ2v) is 5.81. The van der Waals surface area contributed by atoms with Gasteiger partial charge in [0, 0.05) is 25.1 Å². The molecule has 25 heavy (non-hydrogen) atoms. The van der Waals surface area contributed by atoms with Crippen LogP contribution in [0.3, 0.4) is 0 Å². The number of aryl methyl sites for hydroxylation is 2. The molecule has 1 heterocycles. The van der Waals surface area contributed by atoms with Gasteiger partial charge in [0.1, 0.15) is 5.75 Å². The van der Waals surface area contributed by atoms with Gasteiger partial charge in [0.05, 0.1) is 25.4 Å². The summed E-state index contributed by atoms with van der Waals surface area (Å²) in [4.78, 5) is 0. The van der Waals surface area contributed by atoms with Gasteiger partial charge in [-0.25, -0.2) is 0 Å². The lowest BCUT2D eigenvalue weighted by molar-refractivity contribution is 0.0503. The number of nitrogens with zero attached hydrogens (tertiary/aromatic N) is 1. The highest BCUT2D eigenvalue weighted by Gasteiger charge is 2.20. The molecule has 0 spiro atoms. The van der Waals surface area contributed by atoms with Gasteiger partial charge < -0.3 is 23.5 Å². The summed E-state index contributed by atoms with van der Waals surface area (Å²) >= 11 is 0. The first-order valence-electron chi connectivity index (χ1n) is 8.04. The maximum Gasteiger partial charge on any atom is 0.188 e. The van der Waals surface area contributed by atoms with Crippen LogP contribution in [0.25, 0.3) is 22.2 Å². The standard InChI is InChI=1S/C20H23NO4/c1-13-18-16(9-10-17(24-5)20(18)25-12-22-3)21(2)19(13)14-7-6-8-15(11-14)23-4/h6-11H,12H2,1-5H3. The highest BCUT2D eigenvalue weighted by Crippen LogP contribution is 2.42. The summed E-state index contributed by atoms with van der Waals surface area (Å²) in [5.41, 5.74) is 4.40. The van der Waals surface area contributed by atoms with E-state index < -0.39 is 0 Å². The van der Waals surface area contributed by atoms with E-state index >= 15 is 0 Å². The third-order valence-electron chi connectivity index (χ3n) is 4.41. The summed E-state index contributed by atoms with van der Waals surface area (Å²) in [6.07, 6.45) is 0. The predicted molar refractivity (Wildman–Crippen MR) is 98.7 cm³/mol. The molecule has 5 nitrogen and oxygen atoms in total. The molecule has 0 fully saturated rings. The van der Waals surface area contributed by atoms with Gasteiger partial charge in [0.15, 0.2) is 18.3 Å². The molecule has 0 aliphatic rings. The van der Waals surface area contributed by atoms with Crippen LogP contribution in [-0.4, -0.2) is 32.7 Å². The lowest BCUT2D eigenvalue weighted by Gasteiger charge is -2.12. The van der Waals surface area contributed by atoms with Crippen molar-refractivity contribution >= 4 is 10.9 Å². The molecule has 0 aliphatic carbocycles.